The van der Waals surface area contributed by atoms with E-state index in [4.69, 9.17) is 32.7 Å². The van der Waals surface area contributed by atoms with Gasteiger partial charge in [-0.25, -0.2) is 8.42 Å². The van der Waals surface area contributed by atoms with Crippen molar-refractivity contribution in [1.82, 2.24) is 10.2 Å². The summed E-state index contributed by atoms with van der Waals surface area (Å²) >= 11 is 12.3. The van der Waals surface area contributed by atoms with Gasteiger partial charge in [-0.05, 0) is 49.6 Å². The lowest BCUT2D eigenvalue weighted by Gasteiger charge is -2.33. The number of unbranched alkanes of at least 4 members (excludes halogenated alkanes) is 1. The fraction of sp³-hybridized carbons (Fsp3) is 0.481. The second-order valence-electron chi connectivity index (χ2n) is 9.07. The van der Waals surface area contributed by atoms with Gasteiger partial charge in [-0.2, -0.15) is 0 Å². The van der Waals surface area contributed by atoms with Gasteiger partial charge in [0.25, 0.3) is 0 Å². The van der Waals surface area contributed by atoms with E-state index in [1.54, 1.807) is 43.3 Å². The van der Waals surface area contributed by atoms with Gasteiger partial charge in [0.15, 0.2) is 11.5 Å². The maximum atomic E-state index is 13.9. The number of hydrogen-bond donors (Lipinski definition) is 1. The molecule has 0 unspecified atom stereocenters. The molecule has 0 aliphatic carbocycles. The lowest BCUT2D eigenvalue weighted by atomic mass is 10.1. The summed E-state index contributed by atoms with van der Waals surface area (Å²) in [5.41, 5.74) is 0.922. The normalized spacial score (nSPS) is 13.5. The van der Waals surface area contributed by atoms with Gasteiger partial charge in [-0.15, -0.1) is 0 Å². The van der Waals surface area contributed by atoms with E-state index in [0.717, 1.165) is 17.1 Å². The van der Waals surface area contributed by atoms with Crippen molar-refractivity contribution in [3.63, 3.8) is 0 Å². The predicted molar refractivity (Wildman–Crippen MR) is 153 cm³/mol. The van der Waals surface area contributed by atoms with Crippen LogP contribution < -0.4 is 19.1 Å². The largest absolute Gasteiger partial charge is 0.486 e. The summed E-state index contributed by atoms with van der Waals surface area (Å²) < 4.78 is 38.6. The zero-order valence-corrected chi connectivity index (χ0v) is 24.7. The number of anilines is 1. The van der Waals surface area contributed by atoms with Crippen LogP contribution >= 0.6 is 23.2 Å². The van der Waals surface area contributed by atoms with Crippen molar-refractivity contribution in [1.29, 1.82) is 0 Å². The molecule has 214 valence electrons. The minimum atomic E-state index is -3.87. The van der Waals surface area contributed by atoms with E-state index in [1.807, 2.05) is 6.92 Å². The summed E-state index contributed by atoms with van der Waals surface area (Å²) in [6, 6.07) is 8.89. The smallest absolute Gasteiger partial charge is 0.244 e. The number of rotatable bonds is 13. The van der Waals surface area contributed by atoms with Crippen molar-refractivity contribution in [2.45, 2.75) is 52.6 Å². The first-order valence-corrected chi connectivity index (χ1v) is 15.4. The van der Waals surface area contributed by atoms with Crippen LogP contribution in [-0.2, 0) is 26.2 Å². The minimum absolute atomic E-state index is 0.0383. The Labute approximate surface area is 240 Å². The van der Waals surface area contributed by atoms with Crippen LogP contribution in [0.5, 0.6) is 11.5 Å². The van der Waals surface area contributed by atoms with Crippen molar-refractivity contribution in [2.24, 2.45) is 0 Å². The van der Waals surface area contributed by atoms with E-state index >= 15 is 0 Å². The lowest BCUT2D eigenvalue weighted by Crippen LogP contribution is -2.52. The highest BCUT2D eigenvalue weighted by molar-refractivity contribution is 7.92. The molecule has 1 aliphatic rings. The second kappa shape index (κ2) is 14.1. The molecule has 1 N–H and O–H groups in total. The number of amides is 2. The van der Waals surface area contributed by atoms with Crippen molar-refractivity contribution < 1.29 is 27.5 Å². The Kier molecular flexibility index (Phi) is 11.1. The number of nitrogens with zero attached hydrogens (tertiary/aromatic N) is 2. The Balaban J connectivity index is 1.97. The van der Waals surface area contributed by atoms with Crippen LogP contribution in [0.1, 0.15) is 45.6 Å². The SMILES string of the molecule is CCCCNC(=O)[C@H](CC)N(Cc1ccc(Cl)c(Cl)c1)C(=O)CN(c1ccc2c(c1)OCCO2)S(=O)(=O)CC. The van der Waals surface area contributed by atoms with Gasteiger partial charge >= 0.3 is 0 Å². The van der Waals surface area contributed by atoms with E-state index < -0.39 is 28.5 Å². The quantitative estimate of drug-likeness (QED) is 0.336. The summed E-state index contributed by atoms with van der Waals surface area (Å²) in [7, 11) is -3.87. The first-order valence-electron chi connectivity index (χ1n) is 13.0. The number of sulfonamides is 1. The molecule has 0 aromatic heterocycles. The van der Waals surface area contributed by atoms with Crippen LogP contribution in [-0.4, -0.2) is 63.2 Å². The number of halogens is 2. The molecule has 0 bridgehead atoms. The van der Waals surface area contributed by atoms with Gasteiger partial charge in [0.2, 0.25) is 21.8 Å². The summed E-state index contributed by atoms with van der Waals surface area (Å²) in [5, 5.41) is 3.57. The first kappa shape index (κ1) is 30.8. The van der Waals surface area contributed by atoms with Crippen LogP contribution in [0.4, 0.5) is 5.69 Å². The third-order valence-electron chi connectivity index (χ3n) is 6.35. The molecular weight excluding hydrogens is 565 g/mol. The third kappa shape index (κ3) is 7.93. The van der Waals surface area contributed by atoms with Crippen LogP contribution in [0, 0.1) is 0 Å². The van der Waals surface area contributed by atoms with Crippen LogP contribution in [0.2, 0.25) is 10.0 Å². The van der Waals surface area contributed by atoms with Crippen molar-refractivity contribution in [2.75, 3.05) is 36.4 Å². The van der Waals surface area contributed by atoms with Crippen molar-refractivity contribution in [3.8, 4) is 11.5 Å². The Hall–Kier alpha value is -2.69. The molecule has 1 atom stereocenters. The molecule has 0 radical (unpaired) electrons. The second-order valence-corrected chi connectivity index (χ2v) is 12.1. The van der Waals surface area contributed by atoms with E-state index in [9.17, 15) is 18.0 Å². The van der Waals surface area contributed by atoms with Gasteiger partial charge in [-0.3, -0.25) is 13.9 Å². The Bertz CT molecular complexity index is 1270. The number of carbonyl (C=O) groups is 2. The molecule has 0 saturated heterocycles. The number of fused-ring (bicyclic) bond motifs is 1. The Morgan fingerprint density at radius 3 is 2.36 bits per heavy atom. The first-order chi connectivity index (χ1) is 18.6. The number of hydrogen-bond acceptors (Lipinski definition) is 6. The Morgan fingerprint density at radius 2 is 1.72 bits per heavy atom. The average Bonchev–Trinajstić information content (AvgIpc) is 2.93. The van der Waals surface area contributed by atoms with Crippen LogP contribution in [0.15, 0.2) is 36.4 Å². The molecule has 2 amide bonds. The van der Waals surface area contributed by atoms with Crippen molar-refractivity contribution >= 4 is 50.7 Å². The molecule has 2 aromatic carbocycles. The standard InChI is InChI=1S/C27H35Cl2N3O6S/c1-4-7-12-30-27(34)23(5-2)31(17-19-8-10-21(28)22(29)15-19)26(33)18-32(39(35,36)6-3)20-9-11-24-25(16-20)38-14-13-37-24/h8-11,15-16,23H,4-7,12-14,17-18H2,1-3H3,(H,30,34)/t23-/m0/s1. The topological polar surface area (TPSA) is 105 Å². The van der Waals surface area contributed by atoms with Gasteiger partial charge in [0, 0.05) is 19.2 Å². The molecule has 1 aliphatic heterocycles. The molecule has 0 fully saturated rings. The zero-order chi connectivity index (χ0) is 28.6. The fourth-order valence-electron chi connectivity index (χ4n) is 4.17. The van der Waals surface area contributed by atoms with Crippen LogP contribution in [0.25, 0.3) is 0 Å². The van der Waals surface area contributed by atoms with Gasteiger partial charge in [-0.1, -0.05) is 49.5 Å². The molecule has 0 spiro atoms. The molecule has 9 nitrogen and oxygen atoms in total. The number of carbonyl (C=O) groups excluding carboxylic acids is 2. The molecule has 1 heterocycles. The van der Waals surface area contributed by atoms with E-state index in [0.29, 0.717) is 53.3 Å². The van der Waals surface area contributed by atoms with Gasteiger partial charge in [0.1, 0.15) is 25.8 Å². The number of ether oxygens (including phenoxy) is 2. The third-order valence-corrected chi connectivity index (χ3v) is 8.83. The van der Waals surface area contributed by atoms with E-state index in [-0.39, 0.29) is 23.9 Å². The fourth-order valence-corrected chi connectivity index (χ4v) is 5.54. The van der Waals surface area contributed by atoms with Gasteiger partial charge < -0.3 is 19.7 Å². The predicted octanol–water partition coefficient (Wildman–Crippen LogP) is 4.64. The molecule has 0 saturated carbocycles. The molecule has 3 rings (SSSR count). The number of nitrogens with one attached hydrogen (secondary N) is 1. The Morgan fingerprint density at radius 1 is 1.00 bits per heavy atom. The molecule has 2 aromatic rings. The van der Waals surface area contributed by atoms with Gasteiger partial charge in [0.05, 0.1) is 21.5 Å². The summed E-state index contributed by atoms with van der Waals surface area (Å²) in [6.07, 6.45) is 2.04. The van der Waals surface area contributed by atoms with E-state index in [2.05, 4.69) is 5.32 Å². The highest BCUT2D eigenvalue weighted by Crippen LogP contribution is 2.35. The number of benzene rings is 2. The molecular formula is C27H35Cl2N3O6S. The minimum Gasteiger partial charge on any atom is -0.486 e. The van der Waals surface area contributed by atoms with E-state index in [1.165, 1.54) is 11.8 Å². The zero-order valence-electron chi connectivity index (χ0n) is 22.4. The highest BCUT2D eigenvalue weighted by Gasteiger charge is 2.33. The summed E-state index contributed by atoms with van der Waals surface area (Å²) in [4.78, 5) is 28.5. The van der Waals surface area contributed by atoms with Crippen molar-refractivity contribution in [3.05, 3.63) is 52.0 Å². The maximum Gasteiger partial charge on any atom is 0.244 e. The monoisotopic (exact) mass is 599 g/mol. The maximum absolute atomic E-state index is 13.9. The summed E-state index contributed by atoms with van der Waals surface area (Å²) in [6.45, 7) is 6.07. The van der Waals surface area contributed by atoms with Crippen LogP contribution in [0.3, 0.4) is 0 Å². The summed E-state index contributed by atoms with van der Waals surface area (Å²) in [5.74, 6) is -0.164. The highest BCUT2D eigenvalue weighted by atomic mass is 35.5. The lowest BCUT2D eigenvalue weighted by molar-refractivity contribution is -0.140. The molecule has 12 heteroatoms. The molecule has 39 heavy (non-hydrogen) atoms. The average molecular weight is 601 g/mol.